The van der Waals surface area contributed by atoms with Gasteiger partial charge >= 0.3 is 0 Å². The molecule has 4 N–H and O–H groups in total. The highest BCUT2D eigenvalue weighted by molar-refractivity contribution is 5.65. The predicted octanol–water partition coefficient (Wildman–Crippen LogP) is 2.23. The molecule has 0 spiro atoms. The molecule has 0 bridgehead atoms. The summed E-state index contributed by atoms with van der Waals surface area (Å²) in [4.78, 5) is 0. The van der Waals surface area contributed by atoms with Crippen LogP contribution >= 0.6 is 0 Å². The minimum Gasteiger partial charge on any atom is -0.397 e. The summed E-state index contributed by atoms with van der Waals surface area (Å²) in [5, 5.41) is 12.6. The molecule has 0 aromatic heterocycles. The van der Waals surface area contributed by atoms with Gasteiger partial charge in [-0.3, -0.25) is 0 Å². The maximum Gasteiger partial charge on any atom is 0.125 e. The summed E-state index contributed by atoms with van der Waals surface area (Å²) < 4.78 is 12.9. The first-order valence-electron chi connectivity index (χ1n) is 5.46. The van der Waals surface area contributed by atoms with Gasteiger partial charge in [0.1, 0.15) is 5.82 Å². The summed E-state index contributed by atoms with van der Waals surface area (Å²) in [5.41, 5.74) is 6.68. The van der Waals surface area contributed by atoms with Gasteiger partial charge in [0.05, 0.1) is 17.5 Å². The second-order valence-electron chi connectivity index (χ2n) is 4.40. The van der Waals surface area contributed by atoms with E-state index in [1.165, 1.54) is 18.2 Å². The van der Waals surface area contributed by atoms with Crippen molar-refractivity contribution in [3.63, 3.8) is 0 Å². The van der Waals surface area contributed by atoms with Crippen LogP contribution < -0.4 is 11.1 Å². The van der Waals surface area contributed by atoms with Crippen molar-refractivity contribution in [1.29, 1.82) is 0 Å². The van der Waals surface area contributed by atoms with Crippen molar-refractivity contribution < 1.29 is 9.50 Å². The van der Waals surface area contributed by atoms with E-state index in [9.17, 15) is 9.50 Å². The van der Waals surface area contributed by atoms with Crippen molar-refractivity contribution in [2.24, 2.45) is 5.92 Å². The van der Waals surface area contributed by atoms with Crippen LogP contribution in [0.15, 0.2) is 18.2 Å². The van der Waals surface area contributed by atoms with Gasteiger partial charge in [0.15, 0.2) is 0 Å². The van der Waals surface area contributed by atoms with Gasteiger partial charge in [0, 0.05) is 6.54 Å². The molecular weight excluding hydrogens is 207 g/mol. The summed E-state index contributed by atoms with van der Waals surface area (Å²) in [6.07, 6.45) is 0.269. The Labute approximate surface area is 95.5 Å². The van der Waals surface area contributed by atoms with Crippen LogP contribution in [0.25, 0.3) is 0 Å². The van der Waals surface area contributed by atoms with Crippen LogP contribution in [0.4, 0.5) is 15.8 Å². The van der Waals surface area contributed by atoms with E-state index in [-0.39, 0.29) is 5.82 Å². The highest BCUT2D eigenvalue weighted by Crippen LogP contribution is 2.19. The second-order valence-corrected chi connectivity index (χ2v) is 4.40. The molecule has 3 nitrogen and oxygen atoms in total. The third-order valence-corrected chi connectivity index (χ3v) is 2.29. The lowest BCUT2D eigenvalue weighted by molar-refractivity contribution is 0.161. The van der Waals surface area contributed by atoms with Crippen LogP contribution in [0.1, 0.15) is 20.3 Å². The lowest BCUT2D eigenvalue weighted by Gasteiger charge is -2.15. The Morgan fingerprint density at radius 1 is 1.44 bits per heavy atom. The minimum atomic E-state index is -0.442. The van der Waals surface area contributed by atoms with Crippen molar-refractivity contribution in [3.05, 3.63) is 24.0 Å². The number of nitrogen functional groups attached to an aromatic ring is 1. The van der Waals surface area contributed by atoms with E-state index >= 15 is 0 Å². The van der Waals surface area contributed by atoms with Crippen LogP contribution in [0, 0.1) is 11.7 Å². The molecule has 1 aromatic rings. The zero-order valence-electron chi connectivity index (χ0n) is 9.70. The molecule has 1 unspecified atom stereocenters. The topological polar surface area (TPSA) is 58.3 Å². The molecule has 16 heavy (non-hydrogen) atoms. The van der Waals surface area contributed by atoms with Gasteiger partial charge in [-0.2, -0.15) is 0 Å². The van der Waals surface area contributed by atoms with E-state index in [4.69, 9.17) is 5.73 Å². The number of hydrogen-bond donors (Lipinski definition) is 3. The molecule has 1 rings (SSSR count). The number of nitrogens with one attached hydrogen (secondary N) is 1. The zero-order valence-corrected chi connectivity index (χ0v) is 9.70. The smallest absolute Gasteiger partial charge is 0.125 e. The number of anilines is 2. The van der Waals surface area contributed by atoms with Crippen molar-refractivity contribution in [1.82, 2.24) is 0 Å². The van der Waals surface area contributed by atoms with Crippen LogP contribution in [0.2, 0.25) is 0 Å². The Morgan fingerprint density at radius 3 is 2.75 bits per heavy atom. The maximum absolute atomic E-state index is 12.9. The molecule has 0 saturated carbocycles. The number of halogens is 1. The average Bonchev–Trinajstić information content (AvgIpc) is 2.18. The Balaban J connectivity index is 2.51. The number of aliphatic hydroxyl groups is 1. The van der Waals surface area contributed by atoms with Crippen LogP contribution in [0.5, 0.6) is 0 Å². The molecule has 4 heteroatoms. The molecule has 0 radical (unpaired) electrons. The molecule has 90 valence electrons. The van der Waals surface area contributed by atoms with E-state index in [1.807, 2.05) is 13.8 Å². The second kappa shape index (κ2) is 5.70. The van der Waals surface area contributed by atoms with E-state index in [0.717, 1.165) is 0 Å². The Morgan fingerprint density at radius 2 is 2.12 bits per heavy atom. The number of nitrogens with two attached hydrogens (primary N) is 1. The molecule has 0 saturated heterocycles. The number of benzene rings is 1. The van der Waals surface area contributed by atoms with Gasteiger partial charge in [-0.25, -0.2) is 4.39 Å². The molecule has 0 amide bonds. The van der Waals surface area contributed by atoms with Crippen molar-refractivity contribution >= 4 is 11.4 Å². The first-order chi connectivity index (χ1) is 7.49. The van der Waals surface area contributed by atoms with Gasteiger partial charge in [-0.15, -0.1) is 0 Å². The fraction of sp³-hybridized carbons (Fsp3) is 0.500. The quantitative estimate of drug-likeness (QED) is 0.675. The minimum absolute atomic E-state index is 0.338. The Bertz CT molecular complexity index is 342. The third kappa shape index (κ3) is 4.06. The van der Waals surface area contributed by atoms with Crippen LogP contribution in [-0.4, -0.2) is 17.8 Å². The molecule has 1 aromatic carbocycles. The fourth-order valence-electron chi connectivity index (χ4n) is 1.54. The standard InChI is InChI=1S/C12H19FN2O/c1-8(2)5-10(16)7-15-12-6-9(13)3-4-11(12)14/h3-4,6,8,10,15-16H,5,7,14H2,1-2H3. The van der Waals surface area contributed by atoms with Gasteiger partial charge in [-0.1, -0.05) is 13.8 Å². The lowest BCUT2D eigenvalue weighted by atomic mass is 10.1. The zero-order chi connectivity index (χ0) is 12.1. The van der Waals surface area contributed by atoms with Gasteiger partial charge in [0.2, 0.25) is 0 Å². The predicted molar refractivity (Wildman–Crippen MR) is 64.8 cm³/mol. The van der Waals surface area contributed by atoms with E-state index < -0.39 is 6.10 Å². The Kier molecular flexibility index (Phi) is 4.55. The molecule has 1 atom stereocenters. The molecule has 0 heterocycles. The van der Waals surface area contributed by atoms with Crippen molar-refractivity contribution in [2.75, 3.05) is 17.6 Å². The van der Waals surface area contributed by atoms with E-state index in [0.29, 0.717) is 30.3 Å². The first-order valence-corrected chi connectivity index (χ1v) is 5.46. The molecular formula is C12H19FN2O. The average molecular weight is 226 g/mol. The maximum atomic E-state index is 12.9. The largest absolute Gasteiger partial charge is 0.397 e. The van der Waals surface area contributed by atoms with E-state index in [1.54, 1.807) is 0 Å². The summed E-state index contributed by atoms with van der Waals surface area (Å²) >= 11 is 0. The lowest BCUT2D eigenvalue weighted by Crippen LogP contribution is -2.21. The number of hydrogen-bond acceptors (Lipinski definition) is 3. The summed E-state index contributed by atoms with van der Waals surface area (Å²) in [5.74, 6) is 0.0942. The van der Waals surface area contributed by atoms with Gasteiger partial charge in [0.25, 0.3) is 0 Å². The Hall–Kier alpha value is -1.29. The monoisotopic (exact) mass is 226 g/mol. The normalized spacial score (nSPS) is 12.8. The fourth-order valence-corrected chi connectivity index (χ4v) is 1.54. The summed E-state index contributed by atoms with van der Waals surface area (Å²) in [6, 6.07) is 4.15. The molecule has 0 aliphatic carbocycles. The van der Waals surface area contributed by atoms with Crippen LogP contribution in [-0.2, 0) is 0 Å². The van der Waals surface area contributed by atoms with Crippen molar-refractivity contribution in [2.45, 2.75) is 26.4 Å². The van der Waals surface area contributed by atoms with E-state index in [2.05, 4.69) is 5.32 Å². The summed E-state index contributed by atoms with van der Waals surface area (Å²) in [7, 11) is 0. The van der Waals surface area contributed by atoms with Gasteiger partial charge in [-0.05, 0) is 30.5 Å². The van der Waals surface area contributed by atoms with Gasteiger partial charge < -0.3 is 16.2 Å². The molecule has 0 fully saturated rings. The molecule has 0 aliphatic rings. The third-order valence-electron chi connectivity index (χ3n) is 2.29. The SMILES string of the molecule is CC(C)CC(O)CNc1cc(F)ccc1N. The van der Waals surface area contributed by atoms with Crippen molar-refractivity contribution in [3.8, 4) is 0 Å². The molecule has 0 aliphatic heterocycles. The summed E-state index contributed by atoms with van der Waals surface area (Å²) in [6.45, 7) is 4.46. The number of rotatable bonds is 5. The van der Waals surface area contributed by atoms with Crippen LogP contribution in [0.3, 0.4) is 0 Å². The number of aliphatic hydroxyl groups excluding tert-OH is 1. The highest BCUT2D eigenvalue weighted by Gasteiger charge is 2.08. The highest BCUT2D eigenvalue weighted by atomic mass is 19.1. The first kappa shape index (κ1) is 12.8.